The molecule has 0 bridgehead atoms. The minimum atomic E-state index is -0.659. The van der Waals surface area contributed by atoms with Gasteiger partial charge in [0.25, 0.3) is 5.91 Å². The van der Waals surface area contributed by atoms with Crippen LogP contribution >= 0.6 is 39.1 Å². The molecule has 0 fully saturated rings. The van der Waals surface area contributed by atoms with E-state index in [1.807, 2.05) is 0 Å². The van der Waals surface area contributed by atoms with E-state index in [9.17, 15) is 14.4 Å². The van der Waals surface area contributed by atoms with Gasteiger partial charge in [-0.2, -0.15) is 0 Å². The Morgan fingerprint density at radius 2 is 1.63 bits per heavy atom. The van der Waals surface area contributed by atoms with Gasteiger partial charge in [-0.25, -0.2) is 0 Å². The van der Waals surface area contributed by atoms with Crippen LogP contribution in [-0.4, -0.2) is 24.4 Å². The van der Waals surface area contributed by atoms with Crippen LogP contribution in [0.1, 0.15) is 12.8 Å². The molecule has 0 aliphatic rings. The molecule has 0 aliphatic heterocycles. The molecule has 6 nitrogen and oxygen atoms in total. The first-order valence-corrected chi connectivity index (χ1v) is 9.35. The summed E-state index contributed by atoms with van der Waals surface area (Å²) in [5.74, 6) is -1.55. The highest BCUT2D eigenvalue weighted by molar-refractivity contribution is 9.10. The van der Waals surface area contributed by atoms with E-state index in [1.54, 1.807) is 42.5 Å². The molecule has 0 saturated carbocycles. The van der Waals surface area contributed by atoms with Gasteiger partial charge in [-0.15, -0.1) is 0 Å². The van der Waals surface area contributed by atoms with Crippen molar-refractivity contribution in [3.8, 4) is 0 Å². The van der Waals surface area contributed by atoms with Gasteiger partial charge in [-0.05, 0) is 36.4 Å². The van der Waals surface area contributed by atoms with Crippen LogP contribution in [0, 0.1) is 0 Å². The lowest BCUT2D eigenvalue weighted by molar-refractivity contribution is -0.147. The molecule has 0 heterocycles. The summed E-state index contributed by atoms with van der Waals surface area (Å²) in [6.07, 6.45) is -0.204. The van der Waals surface area contributed by atoms with Crippen LogP contribution in [0.2, 0.25) is 10.0 Å². The van der Waals surface area contributed by atoms with Gasteiger partial charge in [-0.1, -0.05) is 45.2 Å². The average molecular weight is 474 g/mol. The first-order chi connectivity index (χ1) is 12.8. The van der Waals surface area contributed by atoms with E-state index in [4.69, 9.17) is 27.9 Å². The molecule has 0 unspecified atom stereocenters. The Labute approximate surface area is 174 Å². The second-order valence-electron chi connectivity index (χ2n) is 5.37. The molecule has 2 rings (SSSR count). The number of halogens is 3. The van der Waals surface area contributed by atoms with Crippen LogP contribution in [-0.2, 0) is 19.1 Å². The number of ether oxygens (including phenoxy) is 1. The third kappa shape index (κ3) is 7.21. The van der Waals surface area contributed by atoms with Crippen molar-refractivity contribution in [1.82, 2.24) is 0 Å². The molecular formula is C18H15BrCl2N2O4. The minimum absolute atomic E-state index is 0.0589. The lowest BCUT2D eigenvalue weighted by atomic mass is 10.2. The molecule has 142 valence electrons. The van der Waals surface area contributed by atoms with Gasteiger partial charge in [0.1, 0.15) is 0 Å². The highest BCUT2D eigenvalue weighted by Crippen LogP contribution is 2.29. The van der Waals surface area contributed by atoms with Gasteiger partial charge in [-0.3, -0.25) is 14.4 Å². The maximum atomic E-state index is 11.8. The van der Waals surface area contributed by atoms with Crippen molar-refractivity contribution in [1.29, 1.82) is 0 Å². The maximum absolute atomic E-state index is 11.8. The standard InChI is InChI=1S/C18H15BrCl2N2O4/c19-11-4-6-12(7-5-11)22-15(24)8-9-17(26)27-10-16(25)23-14-3-1-2-13(20)18(14)21/h1-7H,8-10H2,(H,22,24)(H,23,25). The molecule has 0 atom stereocenters. The fourth-order valence-corrected chi connectivity index (χ4v) is 2.59. The van der Waals surface area contributed by atoms with E-state index in [0.29, 0.717) is 16.4 Å². The molecule has 27 heavy (non-hydrogen) atoms. The third-order valence-electron chi connectivity index (χ3n) is 3.27. The van der Waals surface area contributed by atoms with E-state index in [2.05, 4.69) is 26.6 Å². The van der Waals surface area contributed by atoms with Gasteiger partial charge < -0.3 is 15.4 Å². The van der Waals surface area contributed by atoms with E-state index in [-0.39, 0.29) is 23.8 Å². The smallest absolute Gasteiger partial charge is 0.306 e. The Morgan fingerprint density at radius 3 is 2.33 bits per heavy atom. The Hall–Kier alpha value is -2.09. The highest BCUT2D eigenvalue weighted by atomic mass is 79.9. The zero-order valence-electron chi connectivity index (χ0n) is 13.9. The molecule has 2 amide bonds. The summed E-state index contributed by atoms with van der Waals surface area (Å²) in [5.41, 5.74) is 0.938. The van der Waals surface area contributed by atoms with Crippen molar-refractivity contribution in [3.63, 3.8) is 0 Å². The summed E-state index contributed by atoms with van der Waals surface area (Å²) >= 11 is 15.1. The summed E-state index contributed by atoms with van der Waals surface area (Å²) in [6.45, 7) is -0.490. The quantitative estimate of drug-likeness (QED) is 0.573. The second kappa shape index (κ2) is 10.3. The molecule has 0 radical (unpaired) electrons. The van der Waals surface area contributed by atoms with Crippen molar-refractivity contribution in [2.45, 2.75) is 12.8 Å². The molecular weight excluding hydrogens is 459 g/mol. The van der Waals surface area contributed by atoms with Gasteiger partial charge in [0.05, 0.1) is 22.2 Å². The van der Waals surface area contributed by atoms with Gasteiger partial charge >= 0.3 is 5.97 Å². The zero-order valence-corrected chi connectivity index (χ0v) is 17.0. The Balaban J connectivity index is 1.70. The highest BCUT2D eigenvalue weighted by Gasteiger charge is 2.12. The molecule has 0 saturated heterocycles. The maximum Gasteiger partial charge on any atom is 0.306 e. The van der Waals surface area contributed by atoms with Crippen LogP contribution < -0.4 is 10.6 Å². The predicted octanol–water partition coefficient (Wildman–Crippen LogP) is 4.66. The van der Waals surface area contributed by atoms with E-state index < -0.39 is 18.5 Å². The number of hydrogen-bond donors (Lipinski definition) is 2. The van der Waals surface area contributed by atoms with Crippen LogP contribution in [0.4, 0.5) is 11.4 Å². The molecule has 0 aromatic heterocycles. The van der Waals surface area contributed by atoms with Crippen molar-refractivity contribution in [3.05, 3.63) is 57.0 Å². The van der Waals surface area contributed by atoms with Crippen molar-refractivity contribution in [2.75, 3.05) is 17.2 Å². The molecule has 2 aromatic carbocycles. The van der Waals surface area contributed by atoms with Crippen LogP contribution in [0.3, 0.4) is 0 Å². The van der Waals surface area contributed by atoms with Crippen molar-refractivity contribution >= 4 is 68.3 Å². The van der Waals surface area contributed by atoms with Crippen molar-refractivity contribution in [2.24, 2.45) is 0 Å². The second-order valence-corrected chi connectivity index (χ2v) is 7.07. The summed E-state index contributed by atoms with van der Waals surface area (Å²) in [6, 6.07) is 11.8. The number of rotatable bonds is 7. The molecule has 0 aliphatic carbocycles. The number of nitrogens with one attached hydrogen (secondary N) is 2. The number of anilines is 2. The lowest BCUT2D eigenvalue weighted by Crippen LogP contribution is -2.22. The van der Waals surface area contributed by atoms with Gasteiger partial charge in [0.15, 0.2) is 6.61 Å². The number of carbonyl (C=O) groups excluding carboxylic acids is 3. The number of carbonyl (C=O) groups is 3. The number of benzene rings is 2. The van der Waals surface area contributed by atoms with E-state index >= 15 is 0 Å². The monoisotopic (exact) mass is 472 g/mol. The third-order valence-corrected chi connectivity index (χ3v) is 4.62. The van der Waals surface area contributed by atoms with Crippen LogP contribution in [0.15, 0.2) is 46.9 Å². The van der Waals surface area contributed by atoms with Crippen LogP contribution in [0.5, 0.6) is 0 Å². The molecule has 9 heteroatoms. The van der Waals surface area contributed by atoms with Gasteiger partial charge in [0.2, 0.25) is 5.91 Å². The van der Waals surface area contributed by atoms with Gasteiger partial charge in [0, 0.05) is 16.6 Å². The summed E-state index contributed by atoms with van der Waals surface area (Å²) in [7, 11) is 0. The van der Waals surface area contributed by atoms with Crippen molar-refractivity contribution < 1.29 is 19.1 Å². The number of hydrogen-bond acceptors (Lipinski definition) is 4. The molecule has 0 spiro atoms. The summed E-state index contributed by atoms with van der Waals surface area (Å²) in [5, 5.41) is 5.64. The fourth-order valence-electron chi connectivity index (χ4n) is 1.98. The fraction of sp³-hybridized carbons (Fsp3) is 0.167. The first-order valence-electron chi connectivity index (χ1n) is 7.80. The molecule has 2 aromatic rings. The summed E-state index contributed by atoms with van der Waals surface area (Å²) < 4.78 is 5.74. The SMILES string of the molecule is O=C(CCC(=O)OCC(=O)Nc1cccc(Cl)c1Cl)Nc1ccc(Br)cc1. The Morgan fingerprint density at radius 1 is 0.926 bits per heavy atom. The number of amides is 2. The van der Waals surface area contributed by atoms with Crippen LogP contribution in [0.25, 0.3) is 0 Å². The zero-order chi connectivity index (χ0) is 19.8. The topological polar surface area (TPSA) is 84.5 Å². The molecule has 2 N–H and O–H groups in total. The normalized spacial score (nSPS) is 10.2. The Kier molecular flexibility index (Phi) is 8.09. The number of esters is 1. The largest absolute Gasteiger partial charge is 0.456 e. The minimum Gasteiger partial charge on any atom is -0.456 e. The predicted molar refractivity (Wildman–Crippen MR) is 108 cm³/mol. The van der Waals surface area contributed by atoms with E-state index in [0.717, 1.165) is 4.47 Å². The Bertz CT molecular complexity index is 844. The lowest BCUT2D eigenvalue weighted by Gasteiger charge is -2.09. The summed E-state index contributed by atoms with van der Waals surface area (Å²) in [4.78, 5) is 35.3. The van der Waals surface area contributed by atoms with E-state index in [1.165, 1.54) is 0 Å². The average Bonchev–Trinajstić information content (AvgIpc) is 2.64. The first kappa shape index (κ1) is 21.2.